The number of halogens is 1. The predicted molar refractivity (Wildman–Crippen MR) is 79.1 cm³/mol. The van der Waals surface area contributed by atoms with Crippen molar-refractivity contribution >= 4 is 5.91 Å². The van der Waals surface area contributed by atoms with Gasteiger partial charge in [-0.1, -0.05) is 18.2 Å². The number of hydrogen-bond acceptors (Lipinski definition) is 3. The standard InChI is InChI=1S/C16H18FN3O/c17-15-5-3-13(4-6-15)10-16(21)20-9-8-19-12-14-2-1-7-18-11-14/h1-7,11,19H,8-10,12H2,(H,20,21). The van der Waals surface area contributed by atoms with E-state index in [1.54, 1.807) is 24.5 Å². The summed E-state index contributed by atoms with van der Waals surface area (Å²) in [6, 6.07) is 9.84. The van der Waals surface area contributed by atoms with E-state index in [2.05, 4.69) is 15.6 Å². The molecule has 5 heteroatoms. The van der Waals surface area contributed by atoms with Gasteiger partial charge < -0.3 is 10.6 Å². The van der Waals surface area contributed by atoms with Gasteiger partial charge in [0.25, 0.3) is 0 Å². The van der Waals surface area contributed by atoms with Crippen LogP contribution in [0.1, 0.15) is 11.1 Å². The Morgan fingerprint density at radius 2 is 1.90 bits per heavy atom. The Bertz CT molecular complexity index is 557. The fourth-order valence-corrected chi connectivity index (χ4v) is 1.88. The maximum Gasteiger partial charge on any atom is 0.224 e. The van der Waals surface area contributed by atoms with E-state index >= 15 is 0 Å². The molecular weight excluding hydrogens is 269 g/mol. The highest BCUT2D eigenvalue weighted by atomic mass is 19.1. The zero-order chi connectivity index (χ0) is 14.9. The van der Waals surface area contributed by atoms with Crippen molar-refractivity contribution in [2.75, 3.05) is 13.1 Å². The summed E-state index contributed by atoms with van der Waals surface area (Å²) in [5.41, 5.74) is 1.91. The van der Waals surface area contributed by atoms with Crippen LogP contribution in [-0.4, -0.2) is 24.0 Å². The fourth-order valence-electron chi connectivity index (χ4n) is 1.88. The second-order valence-corrected chi connectivity index (χ2v) is 4.69. The molecule has 4 nitrogen and oxygen atoms in total. The Morgan fingerprint density at radius 1 is 1.10 bits per heavy atom. The molecule has 2 rings (SSSR count). The molecule has 0 bridgehead atoms. The molecule has 0 saturated heterocycles. The zero-order valence-corrected chi connectivity index (χ0v) is 11.7. The molecule has 2 aromatic rings. The molecule has 0 aliphatic carbocycles. The van der Waals surface area contributed by atoms with Gasteiger partial charge in [0.1, 0.15) is 5.82 Å². The summed E-state index contributed by atoms with van der Waals surface area (Å²) in [6.07, 6.45) is 3.81. The number of aromatic nitrogens is 1. The van der Waals surface area contributed by atoms with Crippen LogP contribution in [0.2, 0.25) is 0 Å². The van der Waals surface area contributed by atoms with Crippen molar-refractivity contribution in [1.82, 2.24) is 15.6 Å². The van der Waals surface area contributed by atoms with Crippen molar-refractivity contribution in [2.45, 2.75) is 13.0 Å². The Labute approximate surface area is 123 Å². The average molecular weight is 287 g/mol. The lowest BCUT2D eigenvalue weighted by atomic mass is 10.1. The van der Waals surface area contributed by atoms with Gasteiger partial charge in [0, 0.05) is 32.0 Å². The largest absolute Gasteiger partial charge is 0.355 e. The minimum atomic E-state index is -0.293. The molecule has 0 radical (unpaired) electrons. The van der Waals surface area contributed by atoms with E-state index in [0.29, 0.717) is 13.1 Å². The van der Waals surface area contributed by atoms with Crippen molar-refractivity contribution in [3.63, 3.8) is 0 Å². The van der Waals surface area contributed by atoms with Crippen LogP contribution in [0, 0.1) is 5.82 Å². The molecule has 1 aromatic carbocycles. The maximum absolute atomic E-state index is 12.7. The van der Waals surface area contributed by atoms with Crippen LogP contribution >= 0.6 is 0 Å². The molecule has 0 atom stereocenters. The number of pyridine rings is 1. The number of nitrogens with one attached hydrogen (secondary N) is 2. The summed E-state index contributed by atoms with van der Waals surface area (Å²) in [5, 5.41) is 6.05. The minimum absolute atomic E-state index is 0.0650. The van der Waals surface area contributed by atoms with E-state index in [9.17, 15) is 9.18 Å². The van der Waals surface area contributed by atoms with Crippen LogP contribution in [-0.2, 0) is 17.8 Å². The molecule has 0 aliphatic rings. The lowest BCUT2D eigenvalue weighted by Crippen LogP contribution is -2.32. The van der Waals surface area contributed by atoms with E-state index in [1.807, 2.05) is 12.1 Å². The highest BCUT2D eigenvalue weighted by molar-refractivity contribution is 5.78. The second kappa shape index (κ2) is 8.11. The molecule has 1 aromatic heterocycles. The van der Waals surface area contributed by atoms with Crippen LogP contribution in [0.25, 0.3) is 0 Å². The highest BCUT2D eigenvalue weighted by Crippen LogP contribution is 2.03. The highest BCUT2D eigenvalue weighted by Gasteiger charge is 2.02. The van der Waals surface area contributed by atoms with Gasteiger partial charge >= 0.3 is 0 Å². The number of rotatable bonds is 7. The van der Waals surface area contributed by atoms with E-state index in [0.717, 1.165) is 17.7 Å². The lowest BCUT2D eigenvalue weighted by Gasteiger charge is -2.07. The van der Waals surface area contributed by atoms with E-state index < -0.39 is 0 Å². The van der Waals surface area contributed by atoms with Gasteiger partial charge in [-0.3, -0.25) is 9.78 Å². The molecule has 110 valence electrons. The van der Waals surface area contributed by atoms with Crippen molar-refractivity contribution in [3.8, 4) is 0 Å². The third-order valence-electron chi connectivity index (χ3n) is 2.95. The first-order chi connectivity index (χ1) is 10.2. The fraction of sp³-hybridized carbons (Fsp3) is 0.250. The van der Waals surface area contributed by atoms with Gasteiger partial charge in [0.05, 0.1) is 6.42 Å². The summed E-state index contributed by atoms with van der Waals surface area (Å²) < 4.78 is 12.7. The number of nitrogens with zero attached hydrogens (tertiary/aromatic N) is 1. The molecule has 0 aliphatic heterocycles. The Morgan fingerprint density at radius 3 is 2.62 bits per heavy atom. The normalized spacial score (nSPS) is 10.3. The first kappa shape index (κ1) is 15.1. The van der Waals surface area contributed by atoms with Crippen LogP contribution in [0.5, 0.6) is 0 Å². The summed E-state index contributed by atoms with van der Waals surface area (Å²) in [6.45, 7) is 1.96. The van der Waals surface area contributed by atoms with Gasteiger partial charge in [-0.15, -0.1) is 0 Å². The molecule has 1 heterocycles. The maximum atomic E-state index is 12.7. The van der Waals surface area contributed by atoms with Crippen LogP contribution in [0.3, 0.4) is 0 Å². The van der Waals surface area contributed by atoms with Crippen molar-refractivity contribution < 1.29 is 9.18 Å². The topological polar surface area (TPSA) is 54.0 Å². The molecule has 0 fully saturated rings. The minimum Gasteiger partial charge on any atom is -0.355 e. The summed E-state index contributed by atoms with van der Waals surface area (Å²) in [5.74, 6) is -0.358. The molecule has 0 saturated carbocycles. The zero-order valence-electron chi connectivity index (χ0n) is 11.7. The summed E-state index contributed by atoms with van der Waals surface area (Å²) in [7, 11) is 0. The summed E-state index contributed by atoms with van der Waals surface area (Å²) in [4.78, 5) is 15.7. The smallest absolute Gasteiger partial charge is 0.224 e. The van der Waals surface area contributed by atoms with Crippen LogP contribution in [0.4, 0.5) is 4.39 Å². The number of amides is 1. The molecular formula is C16H18FN3O. The molecule has 1 amide bonds. The molecule has 21 heavy (non-hydrogen) atoms. The van der Waals surface area contributed by atoms with Gasteiger partial charge in [0.15, 0.2) is 0 Å². The SMILES string of the molecule is O=C(Cc1ccc(F)cc1)NCCNCc1cccnc1. The number of carbonyl (C=O) groups is 1. The quantitative estimate of drug-likeness (QED) is 0.762. The Kier molecular flexibility index (Phi) is 5.84. The van der Waals surface area contributed by atoms with Gasteiger partial charge in [-0.25, -0.2) is 4.39 Å². The van der Waals surface area contributed by atoms with Gasteiger partial charge in [-0.05, 0) is 29.3 Å². The van der Waals surface area contributed by atoms with E-state index in [1.165, 1.54) is 12.1 Å². The first-order valence-electron chi connectivity index (χ1n) is 6.85. The third kappa shape index (κ3) is 5.71. The van der Waals surface area contributed by atoms with Crippen LogP contribution in [0.15, 0.2) is 48.8 Å². The summed E-state index contributed by atoms with van der Waals surface area (Å²) >= 11 is 0. The third-order valence-corrected chi connectivity index (χ3v) is 2.95. The second-order valence-electron chi connectivity index (χ2n) is 4.69. The Hall–Kier alpha value is -2.27. The average Bonchev–Trinajstić information content (AvgIpc) is 2.50. The van der Waals surface area contributed by atoms with E-state index in [-0.39, 0.29) is 18.1 Å². The molecule has 0 spiro atoms. The van der Waals surface area contributed by atoms with Crippen molar-refractivity contribution in [2.24, 2.45) is 0 Å². The van der Waals surface area contributed by atoms with E-state index in [4.69, 9.17) is 0 Å². The predicted octanol–water partition coefficient (Wildman–Crippen LogP) is 1.67. The first-order valence-corrected chi connectivity index (χ1v) is 6.85. The van der Waals surface area contributed by atoms with Gasteiger partial charge in [0.2, 0.25) is 5.91 Å². The van der Waals surface area contributed by atoms with Crippen molar-refractivity contribution in [1.29, 1.82) is 0 Å². The molecule has 2 N–H and O–H groups in total. The van der Waals surface area contributed by atoms with Gasteiger partial charge in [-0.2, -0.15) is 0 Å². The number of hydrogen-bond donors (Lipinski definition) is 2. The monoisotopic (exact) mass is 287 g/mol. The number of benzene rings is 1. The van der Waals surface area contributed by atoms with Crippen molar-refractivity contribution in [3.05, 3.63) is 65.7 Å². The molecule has 0 unspecified atom stereocenters. The Balaban J connectivity index is 1.60. The van der Waals surface area contributed by atoms with Crippen LogP contribution < -0.4 is 10.6 Å². The lowest BCUT2D eigenvalue weighted by molar-refractivity contribution is -0.120. The number of carbonyl (C=O) groups excluding carboxylic acids is 1.